The van der Waals surface area contributed by atoms with E-state index in [4.69, 9.17) is 14.7 Å². The third-order valence-corrected chi connectivity index (χ3v) is 3.15. The predicted molar refractivity (Wildman–Crippen MR) is 73.3 cm³/mol. The second kappa shape index (κ2) is 6.91. The van der Waals surface area contributed by atoms with Gasteiger partial charge < -0.3 is 19.6 Å². The first-order valence-electron chi connectivity index (χ1n) is 6.48. The molecule has 0 unspecified atom stereocenters. The number of carbonyl (C=O) groups is 1. The van der Waals surface area contributed by atoms with Crippen molar-refractivity contribution in [3.05, 3.63) is 29.8 Å². The average Bonchev–Trinajstić information content (AvgIpc) is 2.53. The Balaban J connectivity index is 1.85. The molecule has 1 aliphatic rings. The summed E-state index contributed by atoms with van der Waals surface area (Å²) in [7, 11) is 0. The predicted octanol–water partition coefficient (Wildman–Crippen LogP) is 1.12. The van der Waals surface area contributed by atoms with Crippen LogP contribution in [0.1, 0.15) is 12.5 Å². The number of nitrogens with zero attached hydrogens (tertiary/aromatic N) is 2. The summed E-state index contributed by atoms with van der Waals surface area (Å²) in [4.78, 5) is 13.6. The molecule has 0 atom stereocenters. The van der Waals surface area contributed by atoms with Crippen molar-refractivity contribution in [2.75, 3.05) is 32.9 Å². The van der Waals surface area contributed by atoms with Crippen molar-refractivity contribution in [2.45, 2.75) is 6.92 Å². The lowest BCUT2D eigenvalue weighted by Crippen LogP contribution is -2.42. The Hall–Kier alpha value is -2.08. The molecule has 2 rings (SSSR count). The summed E-state index contributed by atoms with van der Waals surface area (Å²) >= 11 is 0. The van der Waals surface area contributed by atoms with E-state index in [0.717, 1.165) is 5.56 Å². The Bertz CT molecular complexity index is 478. The van der Waals surface area contributed by atoms with Crippen molar-refractivity contribution in [3.8, 4) is 5.75 Å². The van der Waals surface area contributed by atoms with Gasteiger partial charge >= 0.3 is 0 Å². The van der Waals surface area contributed by atoms with E-state index in [2.05, 4.69) is 5.16 Å². The van der Waals surface area contributed by atoms with Crippen LogP contribution in [0, 0.1) is 0 Å². The van der Waals surface area contributed by atoms with Crippen molar-refractivity contribution < 1.29 is 19.5 Å². The molecule has 0 spiro atoms. The molecule has 1 aromatic rings. The molecule has 1 N–H and O–H groups in total. The lowest BCUT2D eigenvalue weighted by molar-refractivity contribution is -0.137. The summed E-state index contributed by atoms with van der Waals surface area (Å²) in [5, 5.41) is 11.8. The molecule has 20 heavy (non-hydrogen) atoms. The second-order valence-corrected chi connectivity index (χ2v) is 4.49. The van der Waals surface area contributed by atoms with Gasteiger partial charge in [0.2, 0.25) is 0 Å². The van der Waals surface area contributed by atoms with Crippen LogP contribution in [0.4, 0.5) is 0 Å². The highest BCUT2D eigenvalue weighted by molar-refractivity contribution is 5.98. The van der Waals surface area contributed by atoms with Crippen LogP contribution in [0.5, 0.6) is 5.75 Å². The van der Waals surface area contributed by atoms with Gasteiger partial charge in [0.05, 0.1) is 18.9 Å². The summed E-state index contributed by atoms with van der Waals surface area (Å²) in [6.07, 6.45) is 0. The van der Waals surface area contributed by atoms with Crippen LogP contribution in [0.15, 0.2) is 29.4 Å². The summed E-state index contributed by atoms with van der Waals surface area (Å²) < 4.78 is 10.6. The molecule has 1 amide bonds. The van der Waals surface area contributed by atoms with Crippen molar-refractivity contribution >= 4 is 11.6 Å². The number of rotatable bonds is 4. The Morgan fingerprint density at radius 1 is 1.35 bits per heavy atom. The van der Waals surface area contributed by atoms with Crippen LogP contribution in [-0.2, 0) is 9.53 Å². The normalized spacial score (nSPS) is 16.1. The largest absolute Gasteiger partial charge is 0.484 e. The summed E-state index contributed by atoms with van der Waals surface area (Å²) in [5.74, 6) is 0.576. The van der Waals surface area contributed by atoms with E-state index in [-0.39, 0.29) is 12.5 Å². The first-order valence-corrected chi connectivity index (χ1v) is 6.48. The molecule has 6 heteroatoms. The number of carbonyl (C=O) groups excluding carboxylic acids is 1. The van der Waals surface area contributed by atoms with E-state index in [0.29, 0.717) is 37.8 Å². The summed E-state index contributed by atoms with van der Waals surface area (Å²) in [6.45, 7) is 4.13. The fourth-order valence-corrected chi connectivity index (χ4v) is 1.90. The molecule has 1 saturated heterocycles. The van der Waals surface area contributed by atoms with E-state index in [1.54, 1.807) is 36.1 Å². The first kappa shape index (κ1) is 14.3. The molecule has 6 nitrogen and oxygen atoms in total. The van der Waals surface area contributed by atoms with Gasteiger partial charge in [-0.15, -0.1) is 0 Å². The molecule has 0 aromatic heterocycles. The number of hydrogen-bond acceptors (Lipinski definition) is 5. The molecule has 108 valence electrons. The van der Waals surface area contributed by atoms with Gasteiger partial charge in [0.15, 0.2) is 6.61 Å². The van der Waals surface area contributed by atoms with Crippen molar-refractivity contribution in [1.29, 1.82) is 0 Å². The smallest absolute Gasteiger partial charge is 0.260 e. The Kier molecular flexibility index (Phi) is 4.95. The fourth-order valence-electron chi connectivity index (χ4n) is 1.90. The fraction of sp³-hybridized carbons (Fsp3) is 0.429. The Morgan fingerprint density at radius 2 is 2.00 bits per heavy atom. The van der Waals surface area contributed by atoms with Crippen LogP contribution in [0.3, 0.4) is 0 Å². The SMILES string of the molecule is C/C(=N\O)c1ccc(OCC(=O)N2CCOCC2)cc1. The maximum Gasteiger partial charge on any atom is 0.260 e. The summed E-state index contributed by atoms with van der Waals surface area (Å²) in [6, 6.07) is 7.06. The second-order valence-electron chi connectivity index (χ2n) is 4.49. The first-order chi connectivity index (χ1) is 9.70. The number of morpholine rings is 1. The zero-order valence-corrected chi connectivity index (χ0v) is 11.4. The van der Waals surface area contributed by atoms with E-state index in [1.807, 2.05) is 0 Å². The standard InChI is InChI=1S/C14H18N2O4/c1-11(15-18)12-2-4-13(5-3-12)20-10-14(17)16-6-8-19-9-7-16/h2-5,18H,6-10H2,1H3/b15-11+. The van der Waals surface area contributed by atoms with Gasteiger partial charge in [-0.3, -0.25) is 4.79 Å². The van der Waals surface area contributed by atoms with Crippen LogP contribution in [0.25, 0.3) is 0 Å². The van der Waals surface area contributed by atoms with E-state index < -0.39 is 0 Å². The van der Waals surface area contributed by atoms with Crippen molar-refractivity contribution in [3.63, 3.8) is 0 Å². The zero-order valence-electron chi connectivity index (χ0n) is 11.4. The third-order valence-electron chi connectivity index (χ3n) is 3.15. The van der Waals surface area contributed by atoms with Crippen LogP contribution < -0.4 is 4.74 Å². The van der Waals surface area contributed by atoms with Gasteiger partial charge in [0, 0.05) is 13.1 Å². The maximum atomic E-state index is 11.9. The van der Waals surface area contributed by atoms with Gasteiger partial charge in [-0.1, -0.05) is 5.16 Å². The average molecular weight is 278 g/mol. The maximum absolute atomic E-state index is 11.9. The van der Waals surface area contributed by atoms with Gasteiger partial charge in [-0.25, -0.2) is 0 Å². The van der Waals surface area contributed by atoms with E-state index in [9.17, 15) is 4.79 Å². The molecule has 0 saturated carbocycles. The highest BCUT2D eigenvalue weighted by Crippen LogP contribution is 2.13. The molecular weight excluding hydrogens is 260 g/mol. The molecule has 0 radical (unpaired) electrons. The zero-order chi connectivity index (χ0) is 14.4. The molecular formula is C14H18N2O4. The number of ether oxygens (including phenoxy) is 2. The molecule has 1 aromatic carbocycles. The third kappa shape index (κ3) is 3.71. The quantitative estimate of drug-likeness (QED) is 0.509. The number of oxime groups is 1. The summed E-state index contributed by atoms with van der Waals surface area (Å²) in [5.41, 5.74) is 1.33. The van der Waals surface area contributed by atoms with Crippen molar-refractivity contribution in [2.24, 2.45) is 5.16 Å². The minimum atomic E-state index is -0.0366. The number of hydrogen-bond donors (Lipinski definition) is 1. The Morgan fingerprint density at radius 3 is 2.60 bits per heavy atom. The lowest BCUT2D eigenvalue weighted by Gasteiger charge is -2.26. The monoisotopic (exact) mass is 278 g/mol. The topological polar surface area (TPSA) is 71.4 Å². The highest BCUT2D eigenvalue weighted by Gasteiger charge is 2.17. The van der Waals surface area contributed by atoms with Crippen LogP contribution in [0.2, 0.25) is 0 Å². The van der Waals surface area contributed by atoms with Gasteiger partial charge in [0.25, 0.3) is 5.91 Å². The van der Waals surface area contributed by atoms with Gasteiger partial charge in [-0.05, 0) is 36.8 Å². The van der Waals surface area contributed by atoms with Crippen LogP contribution in [-0.4, -0.2) is 54.6 Å². The number of benzene rings is 1. The Labute approximate surface area is 117 Å². The van der Waals surface area contributed by atoms with E-state index in [1.165, 1.54) is 0 Å². The molecule has 1 aliphatic heterocycles. The number of amides is 1. The van der Waals surface area contributed by atoms with Gasteiger partial charge in [-0.2, -0.15) is 0 Å². The van der Waals surface area contributed by atoms with Crippen LogP contribution >= 0.6 is 0 Å². The minimum Gasteiger partial charge on any atom is -0.484 e. The molecule has 0 aliphatic carbocycles. The lowest BCUT2D eigenvalue weighted by atomic mass is 10.1. The van der Waals surface area contributed by atoms with Gasteiger partial charge in [0.1, 0.15) is 5.75 Å². The highest BCUT2D eigenvalue weighted by atomic mass is 16.5. The minimum absolute atomic E-state index is 0.0203. The van der Waals surface area contributed by atoms with Crippen molar-refractivity contribution in [1.82, 2.24) is 4.90 Å². The van der Waals surface area contributed by atoms with E-state index >= 15 is 0 Å². The molecule has 1 fully saturated rings. The molecule has 0 bridgehead atoms. The molecule has 1 heterocycles.